The third kappa shape index (κ3) is 5.52. The van der Waals surface area contributed by atoms with E-state index in [9.17, 15) is 14.7 Å². The molecule has 0 radical (unpaired) electrons. The molecule has 0 heterocycles. The smallest absolute Gasteiger partial charge is 0.223 e. The van der Waals surface area contributed by atoms with Crippen molar-refractivity contribution in [2.75, 3.05) is 0 Å². The van der Waals surface area contributed by atoms with Crippen LogP contribution in [0.3, 0.4) is 0 Å². The fourth-order valence-corrected chi connectivity index (χ4v) is 4.48. The monoisotopic (exact) mass is 433 g/mol. The molecule has 2 N–H and O–H groups in total. The van der Waals surface area contributed by atoms with Gasteiger partial charge in [-0.15, -0.1) is 0 Å². The second kappa shape index (κ2) is 9.64. The van der Waals surface area contributed by atoms with Crippen molar-refractivity contribution >= 4 is 34.9 Å². The van der Waals surface area contributed by atoms with Gasteiger partial charge in [0.25, 0.3) is 0 Å². The first kappa shape index (κ1) is 21.7. The number of carbonyl (C=O) groups excluding carboxylic acids is 2. The van der Waals surface area contributed by atoms with Crippen LogP contribution in [0.25, 0.3) is 0 Å². The molecular formula is C23H25Cl2NO3. The number of benzene rings is 2. The summed E-state index contributed by atoms with van der Waals surface area (Å²) in [6, 6.07) is 12.7. The highest BCUT2D eigenvalue weighted by atomic mass is 35.5. The molecule has 1 aliphatic rings. The average molecular weight is 434 g/mol. The Balaban J connectivity index is 1.50. The summed E-state index contributed by atoms with van der Waals surface area (Å²) in [7, 11) is 0. The number of phenols is 1. The molecule has 0 aliphatic heterocycles. The highest BCUT2D eigenvalue weighted by Crippen LogP contribution is 2.38. The minimum Gasteiger partial charge on any atom is -0.506 e. The molecule has 29 heavy (non-hydrogen) atoms. The topological polar surface area (TPSA) is 66.4 Å². The van der Waals surface area contributed by atoms with Crippen molar-refractivity contribution in [3.8, 4) is 5.75 Å². The fraction of sp³-hybridized carbons (Fsp3) is 0.391. The zero-order chi connectivity index (χ0) is 21.0. The van der Waals surface area contributed by atoms with E-state index >= 15 is 0 Å². The molecule has 0 bridgehead atoms. The summed E-state index contributed by atoms with van der Waals surface area (Å²) in [5.41, 5.74) is 1.79. The molecule has 2 aromatic carbocycles. The van der Waals surface area contributed by atoms with Crippen LogP contribution in [-0.2, 0) is 16.0 Å². The molecule has 0 saturated heterocycles. The number of Topliss-reactive ketones (excluding diaryl/α,β-unsaturated/α-hetero) is 1. The number of carbonyl (C=O) groups is 2. The highest BCUT2D eigenvalue weighted by molar-refractivity contribution is 6.35. The van der Waals surface area contributed by atoms with Crippen LogP contribution in [0.1, 0.15) is 49.7 Å². The van der Waals surface area contributed by atoms with E-state index in [4.69, 9.17) is 23.2 Å². The number of hydrogen-bond acceptors (Lipinski definition) is 3. The lowest BCUT2D eigenvalue weighted by molar-refractivity contribution is -0.129. The third-order valence-corrected chi connectivity index (χ3v) is 6.17. The minimum absolute atomic E-state index is 0.0570. The lowest BCUT2D eigenvalue weighted by Crippen LogP contribution is -2.41. The molecule has 0 spiro atoms. The highest BCUT2D eigenvalue weighted by Gasteiger charge is 2.31. The van der Waals surface area contributed by atoms with Gasteiger partial charge in [0, 0.05) is 17.4 Å². The third-order valence-electron chi connectivity index (χ3n) is 5.66. The van der Waals surface area contributed by atoms with Crippen molar-refractivity contribution in [2.24, 2.45) is 5.92 Å². The fourth-order valence-electron chi connectivity index (χ4n) is 3.94. The average Bonchev–Trinajstić information content (AvgIpc) is 3.20. The van der Waals surface area contributed by atoms with Gasteiger partial charge >= 0.3 is 0 Å². The predicted octanol–water partition coefficient (Wildman–Crippen LogP) is 5.29. The van der Waals surface area contributed by atoms with E-state index in [1.807, 2.05) is 18.2 Å². The van der Waals surface area contributed by atoms with E-state index in [1.165, 1.54) is 11.6 Å². The van der Waals surface area contributed by atoms with Gasteiger partial charge in [-0.3, -0.25) is 9.59 Å². The van der Waals surface area contributed by atoms with Crippen molar-refractivity contribution < 1.29 is 14.7 Å². The normalized spacial score (nSPS) is 19.7. The van der Waals surface area contributed by atoms with E-state index < -0.39 is 6.04 Å². The van der Waals surface area contributed by atoms with Gasteiger partial charge in [-0.25, -0.2) is 0 Å². The molecule has 1 saturated carbocycles. The standard InChI is InChI=1S/C23H25Cl2NO3/c1-14(21(27)10-9-17-12-19(24)13-20(25)22(17)28)26-23(29)18-8-7-16(11-18)15-5-3-2-4-6-15/h2-6,12-14,16,18,28H,7-11H2,1H3,(H,26,29)/t14-,16+,18+/m0/s1. The summed E-state index contributed by atoms with van der Waals surface area (Å²) < 4.78 is 0. The lowest BCUT2D eigenvalue weighted by atomic mass is 9.96. The number of aromatic hydroxyl groups is 1. The van der Waals surface area contributed by atoms with Crippen molar-refractivity contribution in [3.63, 3.8) is 0 Å². The first-order chi connectivity index (χ1) is 13.8. The Morgan fingerprint density at radius 1 is 1.17 bits per heavy atom. The van der Waals surface area contributed by atoms with Gasteiger partial charge in [0.05, 0.1) is 11.1 Å². The van der Waals surface area contributed by atoms with Crippen molar-refractivity contribution in [3.05, 3.63) is 63.6 Å². The lowest BCUT2D eigenvalue weighted by Gasteiger charge is -2.17. The Bertz CT molecular complexity index is 885. The molecule has 3 rings (SSSR count). The SMILES string of the molecule is C[C@H](NC(=O)[C@@H]1CC[C@@H](c2ccccc2)C1)C(=O)CCc1cc(Cl)cc(Cl)c1O. The molecule has 4 nitrogen and oxygen atoms in total. The number of nitrogens with one attached hydrogen (secondary N) is 1. The van der Waals surface area contributed by atoms with Crippen molar-refractivity contribution in [1.82, 2.24) is 5.32 Å². The van der Waals surface area contributed by atoms with Crippen LogP contribution in [0, 0.1) is 5.92 Å². The molecule has 1 fully saturated rings. The summed E-state index contributed by atoms with van der Waals surface area (Å²) in [5, 5.41) is 13.4. The summed E-state index contributed by atoms with van der Waals surface area (Å²) in [4.78, 5) is 25.1. The molecule has 0 unspecified atom stereocenters. The largest absolute Gasteiger partial charge is 0.506 e. The number of rotatable bonds is 7. The maximum atomic E-state index is 12.6. The number of phenolic OH excluding ortho intramolecular Hbond substituents is 1. The first-order valence-corrected chi connectivity index (χ1v) is 10.7. The zero-order valence-corrected chi connectivity index (χ0v) is 17.8. The molecular weight excluding hydrogens is 409 g/mol. The van der Waals surface area contributed by atoms with E-state index in [0.29, 0.717) is 22.9 Å². The van der Waals surface area contributed by atoms with E-state index in [2.05, 4.69) is 17.4 Å². The van der Waals surface area contributed by atoms with Gasteiger partial charge in [0.2, 0.25) is 5.91 Å². The van der Waals surface area contributed by atoms with E-state index in [0.717, 1.165) is 19.3 Å². The summed E-state index contributed by atoms with van der Waals surface area (Å²) in [6.07, 6.45) is 3.12. The quantitative estimate of drug-likeness (QED) is 0.623. The van der Waals surface area contributed by atoms with Crippen molar-refractivity contribution in [2.45, 2.75) is 51.0 Å². The van der Waals surface area contributed by atoms with Gasteiger partial charge in [-0.05, 0) is 61.8 Å². The Morgan fingerprint density at radius 2 is 1.90 bits per heavy atom. The number of hydrogen-bond donors (Lipinski definition) is 2. The summed E-state index contributed by atoms with van der Waals surface area (Å²) >= 11 is 11.9. The Hall–Kier alpha value is -2.04. The van der Waals surface area contributed by atoms with Crippen LogP contribution in [0.2, 0.25) is 10.0 Å². The van der Waals surface area contributed by atoms with Crippen LogP contribution < -0.4 is 5.32 Å². The summed E-state index contributed by atoms with van der Waals surface area (Å²) in [6.45, 7) is 1.70. The van der Waals surface area contributed by atoms with Crippen LogP contribution in [0.4, 0.5) is 0 Å². The summed E-state index contributed by atoms with van der Waals surface area (Å²) in [5.74, 6) is 0.127. The minimum atomic E-state index is -0.574. The van der Waals surface area contributed by atoms with E-state index in [1.54, 1.807) is 13.0 Å². The van der Waals surface area contributed by atoms with Crippen LogP contribution in [0.5, 0.6) is 5.75 Å². The number of ketones is 1. The molecule has 2 aromatic rings. The van der Waals surface area contributed by atoms with Crippen molar-refractivity contribution in [1.29, 1.82) is 0 Å². The molecule has 3 atom stereocenters. The van der Waals surface area contributed by atoms with Gasteiger partial charge in [-0.2, -0.15) is 0 Å². The van der Waals surface area contributed by atoms with E-state index in [-0.39, 0.29) is 34.8 Å². The number of amides is 1. The Morgan fingerprint density at radius 3 is 2.62 bits per heavy atom. The predicted molar refractivity (Wildman–Crippen MR) is 116 cm³/mol. The maximum absolute atomic E-state index is 12.6. The van der Waals surface area contributed by atoms with Gasteiger partial charge in [0.15, 0.2) is 5.78 Å². The molecule has 1 aliphatic carbocycles. The van der Waals surface area contributed by atoms with Gasteiger partial charge in [-0.1, -0.05) is 53.5 Å². The maximum Gasteiger partial charge on any atom is 0.223 e. The van der Waals surface area contributed by atoms with Crippen LogP contribution in [-0.4, -0.2) is 22.8 Å². The van der Waals surface area contributed by atoms with Gasteiger partial charge in [0.1, 0.15) is 5.75 Å². The first-order valence-electron chi connectivity index (χ1n) is 9.90. The molecule has 154 valence electrons. The van der Waals surface area contributed by atoms with Gasteiger partial charge < -0.3 is 10.4 Å². The zero-order valence-electron chi connectivity index (χ0n) is 16.3. The van der Waals surface area contributed by atoms with Crippen LogP contribution >= 0.6 is 23.2 Å². The molecule has 0 aromatic heterocycles. The molecule has 1 amide bonds. The number of halogens is 2. The molecule has 6 heteroatoms. The number of aryl methyl sites for hydroxylation is 1. The Kier molecular flexibility index (Phi) is 7.20. The second-order valence-electron chi connectivity index (χ2n) is 7.71. The second-order valence-corrected chi connectivity index (χ2v) is 8.55. The van der Waals surface area contributed by atoms with Crippen LogP contribution in [0.15, 0.2) is 42.5 Å². The Labute approximate surface area is 181 Å².